The van der Waals surface area contributed by atoms with E-state index in [1.807, 2.05) is 0 Å². The van der Waals surface area contributed by atoms with Gasteiger partial charge < -0.3 is 10.1 Å². The van der Waals surface area contributed by atoms with Crippen LogP contribution in [0.15, 0.2) is 41.2 Å². The van der Waals surface area contributed by atoms with Crippen LogP contribution >= 0.6 is 0 Å². The summed E-state index contributed by atoms with van der Waals surface area (Å²) in [4.78, 5) is 20.8. The fourth-order valence-electron chi connectivity index (χ4n) is 3.69. The summed E-state index contributed by atoms with van der Waals surface area (Å²) in [6, 6.07) is 8.17. The van der Waals surface area contributed by atoms with Gasteiger partial charge in [-0.25, -0.2) is 9.83 Å². The Morgan fingerprint density at radius 3 is 2.57 bits per heavy atom. The Morgan fingerprint density at radius 2 is 2.00 bits per heavy atom. The minimum absolute atomic E-state index is 0.219. The first-order valence-corrected chi connectivity index (χ1v) is 9.26. The lowest BCUT2D eigenvalue weighted by atomic mass is 10.1. The van der Waals surface area contributed by atoms with Crippen LogP contribution in [-0.2, 0) is 6.18 Å². The quantitative estimate of drug-likeness (QED) is 0.646. The summed E-state index contributed by atoms with van der Waals surface area (Å²) in [5.74, 6) is 0.798. The summed E-state index contributed by atoms with van der Waals surface area (Å²) in [5.41, 5.74) is -1.97. The van der Waals surface area contributed by atoms with Crippen LogP contribution in [0.25, 0.3) is 21.4 Å². The zero-order chi connectivity index (χ0) is 21.5. The molecule has 0 amide bonds. The van der Waals surface area contributed by atoms with Gasteiger partial charge in [0.1, 0.15) is 11.6 Å². The standard InChI is InChI=1S/C21H17F3N4O2/c1-25-12-10-15-18(16(11-12)21(22,23)24)27-19(17-4-3-9-26-17)28(20(15)29)13-5-7-14(30-2)8-6-13/h5-8,10-11,17,26H,3-4,9H2,2H3/t17-/m1/s1. The first-order valence-electron chi connectivity index (χ1n) is 9.26. The molecule has 1 N–H and O–H groups in total. The van der Waals surface area contributed by atoms with Gasteiger partial charge >= 0.3 is 6.18 Å². The molecule has 1 aliphatic heterocycles. The van der Waals surface area contributed by atoms with Gasteiger partial charge in [0.15, 0.2) is 5.69 Å². The summed E-state index contributed by atoms with van der Waals surface area (Å²) in [6.45, 7) is 7.82. The summed E-state index contributed by atoms with van der Waals surface area (Å²) >= 11 is 0. The van der Waals surface area contributed by atoms with E-state index in [4.69, 9.17) is 11.3 Å². The smallest absolute Gasteiger partial charge is 0.417 e. The molecule has 0 saturated carbocycles. The number of hydrogen-bond donors (Lipinski definition) is 1. The summed E-state index contributed by atoms with van der Waals surface area (Å²) in [6.07, 6.45) is -3.27. The fourth-order valence-corrected chi connectivity index (χ4v) is 3.69. The van der Waals surface area contributed by atoms with Crippen LogP contribution in [0.4, 0.5) is 18.9 Å². The highest BCUT2D eigenvalue weighted by Crippen LogP contribution is 2.37. The zero-order valence-corrected chi connectivity index (χ0v) is 16.0. The van der Waals surface area contributed by atoms with Gasteiger partial charge in [-0.3, -0.25) is 9.36 Å². The van der Waals surface area contributed by atoms with Gasteiger partial charge in [0.2, 0.25) is 0 Å². The second-order valence-corrected chi connectivity index (χ2v) is 6.96. The third-order valence-corrected chi connectivity index (χ3v) is 5.12. The molecule has 1 fully saturated rings. The fraction of sp³-hybridized carbons (Fsp3) is 0.286. The second kappa shape index (κ2) is 7.46. The highest BCUT2D eigenvalue weighted by molar-refractivity contribution is 5.86. The molecule has 0 radical (unpaired) electrons. The number of nitrogens with zero attached hydrogens (tertiary/aromatic N) is 3. The van der Waals surface area contributed by atoms with Crippen molar-refractivity contribution in [3.05, 3.63) is 69.6 Å². The summed E-state index contributed by atoms with van der Waals surface area (Å²) in [5, 5.41) is 2.96. The van der Waals surface area contributed by atoms with Crippen molar-refractivity contribution in [1.29, 1.82) is 0 Å². The number of alkyl halides is 3. The molecule has 2 heterocycles. The lowest BCUT2D eigenvalue weighted by molar-refractivity contribution is -0.136. The molecule has 1 atom stereocenters. The number of ether oxygens (including phenoxy) is 1. The van der Waals surface area contributed by atoms with Crippen LogP contribution in [-0.4, -0.2) is 23.2 Å². The number of rotatable bonds is 3. The Labute approximate surface area is 169 Å². The molecule has 4 rings (SSSR count). The van der Waals surface area contributed by atoms with E-state index in [0.717, 1.165) is 12.5 Å². The third kappa shape index (κ3) is 3.39. The van der Waals surface area contributed by atoms with Gasteiger partial charge in [-0.15, -0.1) is 0 Å². The third-order valence-electron chi connectivity index (χ3n) is 5.12. The maximum Gasteiger partial charge on any atom is 0.417 e. The van der Waals surface area contributed by atoms with Crippen molar-refractivity contribution in [3.8, 4) is 11.4 Å². The molecular formula is C21H17F3N4O2. The topological polar surface area (TPSA) is 60.5 Å². The normalized spacial score (nSPS) is 16.6. The van der Waals surface area contributed by atoms with E-state index < -0.39 is 22.8 Å². The lowest BCUT2D eigenvalue weighted by Gasteiger charge is -2.20. The van der Waals surface area contributed by atoms with Crippen molar-refractivity contribution in [1.82, 2.24) is 14.9 Å². The van der Waals surface area contributed by atoms with Crippen molar-refractivity contribution in [2.75, 3.05) is 13.7 Å². The van der Waals surface area contributed by atoms with Crippen LogP contribution in [0, 0.1) is 6.57 Å². The van der Waals surface area contributed by atoms with Crippen molar-refractivity contribution >= 4 is 16.6 Å². The Hall–Kier alpha value is -3.38. The van der Waals surface area contributed by atoms with Crippen molar-refractivity contribution < 1.29 is 17.9 Å². The van der Waals surface area contributed by atoms with E-state index in [0.29, 0.717) is 24.4 Å². The van der Waals surface area contributed by atoms with Gasteiger partial charge in [0.05, 0.1) is 41.9 Å². The van der Waals surface area contributed by atoms with E-state index in [-0.39, 0.29) is 22.9 Å². The van der Waals surface area contributed by atoms with Crippen molar-refractivity contribution in [2.45, 2.75) is 25.1 Å². The number of halogens is 3. The molecule has 0 unspecified atom stereocenters. The second-order valence-electron chi connectivity index (χ2n) is 6.96. The Bertz CT molecular complexity index is 1200. The van der Waals surface area contributed by atoms with Gasteiger partial charge in [0.25, 0.3) is 5.56 Å². The average Bonchev–Trinajstić information content (AvgIpc) is 3.27. The predicted octanol–water partition coefficient (Wildman–Crippen LogP) is 4.39. The SMILES string of the molecule is [C-]#[N+]c1cc(C(F)(F)F)c2nc([C@H]3CCCN3)n(-c3ccc(OC)cc3)c(=O)c2c1. The van der Waals surface area contributed by atoms with E-state index in [1.165, 1.54) is 17.7 Å². The molecule has 0 spiro atoms. The Morgan fingerprint density at radius 1 is 1.27 bits per heavy atom. The molecule has 0 bridgehead atoms. The van der Waals surface area contributed by atoms with Gasteiger partial charge in [0, 0.05) is 0 Å². The molecular weight excluding hydrogens is 397 g/mol. The first kappa shape index (κ1) is 19.9. The number of aromatic nitrogens is 2. The molecule has 6 nitrogen and oxygen atoms in total. The molecule has 1 aromatic heterocycles. The van der Waals surface area contributed by atoms with E-state index >= 15 is 0 Å². The largest absolute Gasteiger partial charge is 0.497 e. The Kier molecular flexibility index (Phi) is 4.95. The van der Waals surface area contributed by atoms with Crippen molar-refractivity contribution in [2.24, 2.45) is 0 Å². The monoisotopic (exact) mass is 414 g/mol. The highest BCUT2D eigenvalue weighted by atomic mass is 19.4. The predicted molar refractivity (Wildman–Crippen MR) is 105 cm³/mol. The number of methoxy groups -OCH3 is 1. The lowest BCUT2D eigenvalue weighted by Crippen LogP contribution is -2.29. The van der Waals surface area contributed by atoms with E-state index in [2.05, 4.69) is 15.1 Å². The summed E-state index contributed by atoms with van der Waals surface area (Å²) in [7, 11) is 1.51. The molecule has 3 aromatic rings. The molecule has 154 valence electrons. The highest BCUT2D eigenvalue weighted by Gasteiger charge is 2.35. The molecule has 1 saturated heterocycles. The number of nitrogens with one attached hydrogen (secondary N) is 1. The van der Waals surface area contributed by atoms with Crippen LogP contribution < -0.4 is 15.6 Å². The maximum atomic E-state index is 13.7. The van der Waals surface area contributed by atoms with Crippen molar-refractivity contribution in [3.63, 3.8) is 0 Å². The Balaban J connectivity index is 2.09. The number of hydrogen-bond acceptors (Lipinski definition) is 4. The van der Waals surface area contributed by atoms with E-state index in [9.17, 15) is 18.0 Å². The van der Waals surface area contributed by atoms with Gasteiger partial charge in [-0.1, -0.05) is 0 Å². The van der Waals surface area contributed by atoms with Crippen LogP contribution in [0.5, 0.6) is 5.75 Å². The minimum Gasteiger partial charge on any atom is -0.497 e. The van der Waals surface area contributed by atoms with Gasteiger partial charge in [-0.05, 0) is 55.8 Å². The average molecular weight is 414 g/mol. The van der Waals surface area contributed by atoms with Crippen LogP contribution in [0.1, 0.15) is 30.3 Å². The first-order chi connectivity index (χ1) is 14.3. The minimum atomic E-state index is -4.74. The summed E-state index contributed by atoms with van der Waals surface area (Å²) < 4.78 is 47.6. The van der Waals surface area contributed by atoms with Gasteiger partial charge in [-0.2, -0.15) is 13.2 Å². The number of benzene rings is 2. The zero-order valence-electron chi connectivity index (χ0n) is 16.0. The molecule has 9 heteroatoms. The molecule has 2 aromatic carbocycles. The van der Waals surface area contributed by atoms with Crippen LogP contribution in [0.2, 0.25) is 0 Å². The van der Waals surface area contributed by atoms with E-state index in [1.54, 1.807) is 24.3 Å². The maximum absolute atomic E-state index is 13.7. The molecule has 0 aliphatic carbocycles. The number of fused-ring (bicyclic) bond motifs is 1. The molecule has 1 aliphatic rings. The van der Waals surface area contributed by atoms with Crippen LogP contribution in [0.3, 0.4) is 0 Å². The molecule has 30 heavy (non-hydrogen) atoms.